The van der Waals surface area contributed by atoms with Crippen LogP contribution in [0.1, 0.15) is 30.0 Å². The van der Waals surface area contributed by atoms with Gasteiger partial charge in [-0.25, -0.2) is 0 Å². The molecule has 1 aliphatic heterocycles. The summed E-state index contributed by atoms with van der Waals surface area (Å²) in [5.74, 6) is 1.70. The van der Waals surface area contributed by atoms with Gasteiger partial charge in [0.2, 0.25) is 5.91 Å². The molecule has 0 radical (unpaired) electrons. The maximum absolute atomic E-state index is 12.2. The molecule has 1 N–H and O–H groups in total. The number of nitrogens with one attached hydrogen (secondary N) is 1. The Morgan fingerprint density at radius 1 is 1.07 bits per heavy atom. The SMILES string of the molecule is CN(C)C(CNC(=O)CCCc1ccc2c(c1)OCCO2)c1ccccc1. The monoisotopic (exact) mass is 368 g/mol. The third-order valence-electron chi connectivity index (χ3n) is 4.78. The lowest BCUT2D eigenvalue weighted by atomic mass is 10.1. The van der Waals surface area contributed by atoms with Gasteiger partial charge in [-0.1, -0.05) is 36.4 Å². The van der Waals surface area contributed by atoms with E-state index in [0.717, 1.165) is 24.3 Å². The molecule has 1 aliphatic rings. The molecule has 0 fully saturated rings. The third kappa shape index (κ3) is 5.47. The maximum Gasteiger partial charge on any atom is 0.220 e. The first kappa shape index (κ1) is 19.2. The second-order valence-corrected chi connectivity index (χ2v) is 7.03. The van der Waals surface area contributed by atoms with E-state index in [-0.39, 0.29) is 11.9 Å². The Labute approximate surface area is 161 Å². The van der Waals surface area contributed by atoms with Gasteiger partial charge in [0, 0.05) is 13.0 Å². The zero-order valence-electron chi connectivity index (χ0n) is 16.1. The first-order chi connectivity index (χ1) is 13.1. The number of benzene rings is 2. The summed E-state index contributed by atoms with van der Waals surface area (Å²) in [6, 6.07) is 16.4. The largest absolute Gasteiger partial charge is 0.486 e. The highest BCUT2D eigenvalue weighted by atomic mass is 16.6. The summed E-state index contributed by atoms with van der Waals surface area (Å²) in [6.45, 7) is 1.80. The van der Waals surface area contributed by atoms with E-state index < -0.39 is 0 Å². The normalized spacial score (nSPS) is 14.0. The van der Waals surface area contributed by atoms with Crippen molar-refractivity contribution in [2.75, 3.05) is 33.9 Å². The quantitative estimate of drug-likeness (QED) is 0.777. The van der Waals surface area contributed by atoms with Crippen LogP contribution in [0.15, 0.2) is 48.5 Å². The minimum Gasteiger partial charge on any atom is -0.486 e. The van der Waals surface area contributed by atoms with Gasteiger partial charge in [-0.2, -0.15) is 0 Å². The van der Waals surface area contributed by atoms with Gasteiger partial charge in [-0.15, -0.1) is 0 Å². The summed E-state index contributed by atoms with van der Waals surface area (Å²) in [6.07, 6.45) is 2.17. The number of fused-ring (bicyclic) bond motifs is 1. The smallest absolute Gasteiger partial charge is 0.220 e. The number of likely N-dealkylation sites (N-methyl/N-ethyl adjacent to an activating group) is 1. The number of hydrogen-bond acceptors (Lipinski definition) is 4. The number of ether oxygens (including phenoxy) is 2. The molecule has 5 heteroatoms. The summed E-state index contributed by atoms with van der Waals surface area (Å²) in [5, 5.41) is 3.07. The molecule has 1 unspecified atom stereocenters. The van der Waals surface area contributed by atoms with E-state index in [4.69, 9.17) is 9.47 Å². The van der Waals surface area contributed by atoms with E-state index >= 15 is 0 Å². The minimum absolute atomic E-state index is 0.0929. The van der Waals surface area contributed by atoms with Crippen molar-refractivity contribution in [1.29, 1.82) is 0 Å². The standard InChI is InChI=1S/C22H28N2O3/c1-24(2)19(18-8-4-3-5-9-18)16-23-22(25)10-6-7-17-11-12-20-21(15-17)27-14-13-26-20/h3-5,8-9,11-12,15,19H,6-7,10,13-14,16H2,1-2H3,(H,23,25). The molecule has 2 aromatic rings. The van der Waals surface area contributed by atoms with E-state index in [2.05, 4.69) is 22.3 Å². The van der Waals surface area contributed by atoms with Gasteiger partial charge in [-0.05, 0) is 50.2 Å². The first-order valence-electron chi connectivity index (χ1n) is 9.50. The van der Waals surface area contributed by atoms with Crippen LogP contribution in [-0.4, -0.2) is 44.7 Å². The Hall–Kier alpha value is -2.53. The van der Waals surface area contributed by atoms with Crippen molar-refractivity contribution < 1.29 is 14.3 Å². The van der Waals surface area contributed by atoms with Crippen molar-refractivity contribution in [2.24, 2.45) is 0 Å². The minimum atomic E-state index is 0.0929. The highest BCUT2D eigenvalue weighted by molar-refractivity contribution is 5.75. The Morgan fingerprint density at radius 3 is 2.56 bits per heavy atom. The Kier molecular flexibility index (Phi) is 6.71. The van der Waals surface area contributed by atoms with Gasteiger partial charge in [-0.3, -0.25) is 4.79 Å². The predicted molar refractivity (Wildman–Crippen MR) is 106 cm³/mol. The fourth-order valence-electron chi connectivity index (χ4n) is 3.27. The summed E-state index contributed by atoms with van der Waals surface area (Å²) in [5.41, 5.74) is 2.38. The van der Waals surface area contributed by atoms with Crippen LogP contribution >= 0.6 is 0 Å². The molecule has 0 saturated carbocycles. The number of rotatable bonds is 8. The van der Waals surface area contributed by atoms with Crippen molar-refractivity contribution in [1.82, 2.24) is 10.2 Å². The Morgan fingerprint density at radius 2 is 1.81 bits per heavy atom. The van der Waals surface area contributed by atoms with Crippen LogP contribution in [-0.2, 0) is 11.2 Å². The van der Waals surface area contributed by atoms with Crippen molar-refractivity contribution in [3.8, 4) is 11.5 Å². The van der Waals surface area contributed by atoms with Crippen LogP contribution in [0.4, 0.5) is 0 Å². The summed E-state index contributed by atoms with van der Waals surface area (Å²) >= 11 is 0. The van der Waals surface area contributed by atoms with Crippen molar-refractivity contribution in [2.45, 2.75) is 25.3 Å². The maximum atomic E-state index is 12.2. The Bertz CT molecular complexity index is 746. The highest BCUT2D eigenvalue weighted by Gasteiger charge is 2.15. The zero-order chi connectivity index (χ0) is 19.1. The van der Waals surface area contributed by atoms with Gasteiger partial charge in [0.05, 0.1) is 6.04 Å². The first-order valence-corrected chi connectivity index (χ1v) is 9.50. The molecule has 0 aliphatic carbocycles. The molecular weight excluding hydrogens is 340 g/mol. The zero-order valence-corrected chi connectivity index (χ0v) is 16.1. The van der Waals surface area contributed by atoms with Gasteiger partial charge in [0.15, 0.2) is 11.5 Å². The molecule has 0 bridgehead atoms. The van der Waals surface area contributed by atoms with Crippen LogP contribution in [0.2, 0.25) is 0 Å². The summed E-state index contributed by atoms with van der Waals surface area (Å²) < 4.78 is 11.2. The molecule has 5 nitrogen and oxygen atoms in total. The van der Waals surface area contributed by atoms with E-state index in [1.54, 1.807) is 0 Å². The van der Waals surface area contributed by atoms with E-state index in [9.17, 15) is 4.79 Å². The number of carbonyl (C=O) groups excluding carboxylic acids is 1. The van der Waals surface area contributed by atoms with Crippen molar-refractivity contribution >= 4 is 5.91 Å². The van der Waals surface area contributed by atoms with E-state index in [1.165, 1.54) is 11.1 Å². The molecule has 0 aromatic heterocycles. The fraction of sp³-hybridized carbons (Fsp3) is 0.409. The third-order valence-corrected chi connectivity index (χ3v) is 4.78. The fourth-order valence-corrected chi connectivity index (χ4v) is 3.27. The second-order valence-electron chi connectivity index (χ2n) is 7.03. The number of amides is 1. The lowest BCUT2D eigenvalue weighted by molar-refractivity contribution is -0.121. The number of carbonyl (C=O) groups is 1. The summed E-state index contributed by atoms with van der Waals surface area (Å²) in [4.78, 5) is 14.4. The van der Waals surface area contributed by atoms with Crippen molar-refractivity contribution in [3.63, 3.8) is 0 Å². The van der Waals surface area contributed by atoms with Crippen LogP contribution in [0.25, 0.3) is 0 Å². The molecule has 1 heterocycles. The topological polar surface area (TPSA) is 50.8 Å². The molecule has 1 amide bonds. The van der Waals surface area contributed by atoms with E-state index in [1.807, 2.05) is 50.5 Å². The molecule has 3 rings (SSSR count). The summed E-state index contributed by atoms with van der Waals surface area (Å²) in [7, 11) is 4.07. The average Bonchev–Trinajstić information content (AvgIpc) is 2.68. The van der Waals surface area contributed by atoms with Gasteiger partial charge < -0.3 is 19.7 Å². The van der Waals surface area contributed by atoms with Crippen LogP contribution in [0, 0.1) is 0 Å². The average molecular weight is 368 g/mol. The molecular formula is C22H28N2O3. The second kappa shape index (κ2) is 9.42. The predicted octanol–water partition coefficient (Wildman–Crippen LogP) is 3.20. The molecule has 27 heavy (non-hydrogen) atoms. The lowest BCUT2D eigenvalue weighted by Gasteiger charge is -2.25. The molecule has 144 valence electrons. The van der Waals surface area contributed by atoms with Crippen LogP contribution < -0.4 is 14.8 Å². The number of nitrogens with zero attached hydrogens (tertiary/aromatic N) is 1. The molecule has 2 aromatic carbocycles. The van der Waals surface area contributed by atoms with Crippen LogP contribution in [0.3, 0.4) is 0 Å². The van der Waals surface area contributed by atoms with Crippen molar-refractivity contribution in [3.05, 3.63) is 59.7 Å². The van der Waals surface area contributed by atoms with E-state index in [0.29, 0.717) is 26.2 Å². The lowest BCUT2D eigenvalue weighted by Crippen LogP contribution is -2.34. The van der Waals surface area contributed by atoms with Gasteiger partial charge in [0.25, 0.3) is 0 Å². The van der Waals surface area contributed by atoms with Gasteiger partial charge >= 0.3 is 0 Å². The molecule has 1 atom stereocenters. The number of aryl methyl sites for hydroxylation is 1. The highest BCUT2D eigenvalue weighted by Crippen LogP contribution is 2.31. The van der Waals surface area contributed by atoms with Gasteiger partial charge in [0.1, 0.15) is 13.2 Å². The molecule has 0 saturated heterocycles. The molecule has 0 spiro atoms. The van der Waals surface area contributed by atoms with Crippen LogP contribution in [0.5, 0.6) is 11.5 Å². The number of hydrogen-bond donors (Lipinski definition) is 1. The Balaban J connectivity index is 1.44.